The molecule has 1 atom stereocenters. The van der Waals surface area contributed by atoms with Crippen molar-refractivity contribution in [2.75, 3.05) is 37.6 Å². The van der Waals surface area contributed by atoms with Gasteiger partial charge in [-0.1, -0.05) is 0 Å². The minimum atomic E-state index is 0.757. The third-order valence-corrected chi connectivity index (χ3v) is 6.04. The second-order valence-corrected chi connectivity index (χ2v) is 7.89. The normalized spacial score (nSPS) is 21.6. The van der Waals surface area contributed by atoms with Crippen molar-refractivity contribution in [1.29, 1.82) is 0 Å². The Kier molecular flexibility index (Phi) is 3.90. The van der Waals surface area contributed by atoms with Crippen molar-refractivity contribution >= 4 is 22.8 Å². The summed E-state index contributed by atoms with van der Waals surface area (Å²) < 4.78 is 1.88. The van der Waals surface area contributed by atoms with E-state index in [9.17, 15) is 0 Å². The van der Waals surface area contributed by atoms with Gasteiger partial charge >= 0.3 is 0 Å². The lowest BCUT2D eigenvalue weighted by Crippen LogP contribution is -2.29. The van der Waals surface area contributed by atoms with E-state index in [2.05, 4.69) is 42.9 Å². The average molecular weight is 354 g/mol. The molecule has 3 aromatic heterocycles. The van der Waals surface area contributed by atoms with E-state index < -0.39 is 0 Å². The van der Waals surface area contributed by atoms with E-state index in [4.69, 9.17) is 5.10 Å². The van der Waals surface area contributed by atoms with Crippen LogP contribution in [0.25, 0.3) is 17.0 Å². The van der Waals surface area contributed by atoms with Crippen LogP contribution in [-0.4, -0.2) is 57.4 Å². The Balaban J connectivity index is 1.37. The van der Waals surface area contributed by atoms with Gasteiger partial charge < -0.3 is 9.80 Å². The maximum Gasteiger partial charge on any atom is 0.186 e. The van der Waals surface area contributed by atoms with Gasteiger partial charge in [0, 0.05) is 30.6 Å². The fraction of sp³-hybridized carbons (Fsp3) is 0.500. The fourth-order valence-electron chi connectivity index (χ4n) is 4.04. The van der Waals surface area contributed by atoms with Crippen LogP contribution in [0.5, 0.6) is 0 Å². The number of hydrogen-bond acceptors (Lipinski definition) is 6. The molecule has 0 aromatic carbocycles. The van der Waals surface area contributed by atoms with Crippen LogP contribution >= 0.6 is 11.3 Å². The van der Waals surface area contributed by atoms with Gasteiger partial charge in [-0.2, -0.15) is 15.9 Å². The van der Waals surface area contributed by atoms with Gasteiger partial charge in [-0.25, -0.2) is 0 Å². The van der Waals surface area contributed by atoms with Gasteiger partial charge in [0.15, 0.2) is 11.5 Å². The largest absolute Gasteiger partial charge is 0.355 e. The highest BCUT2D eigenvalue weighted by Crippen LogP contribution is 2.26. The lowest BCUT2D eigenvalue weighted by Gasteiger charge is -2.21. The summed E-state index contributed by atoms with van der Waals surface area (Å²) in [4.78, 5) is 5.04. The summed E-state index contributed by atoms with van der Waals surface area (Å²) in [6, 6.07) is 6.18. The van der Waals surface area contributed by atoms with E-state index in [1.807, 2.05) is 10.6 Å². The first-order valence-corrected chi connectivity index (χ1v) is 10.0. The van der Waals surface area contributed by atoms with Gasteiger partial charge in [-0.3, -0.25) is 0 Å². The van der Waals surface area contributed by atoms with Crippen LogP contribution in [0.3, 0.4) is 0 Å². The molecule has 1 unspecified atom stereocenters. The molecule has 6 nitrogen and oxygen atoms in total. The fourth-order valence-corrected chi connectivity index (χ4v) is 4.67. The molecule has 0 N–H and O–H groups in total. The van der Waals surface area contributed by atoms with E-state index in [1.165, 1.54) is 38.9 Å². The SMILES string of the molecule is c1cc(-c2nnc3ccc(N4CCC(CN5CCCC5)C4)nn23)cs1. The van der Waals surface area contributed by atoms with Gasteiger partial charge in [0.1, 0.15) is 5.82 Å². The second kappa shape index (κ2) is 6.38. The van der Waals surface area contributed by atoms with Crippen LogP contribution in [0.15, 0.2) is 29.0 Å². The summed E-state index contributed by atoms with van der Waals surface area (Å²) in [7, 11) is 0. The highest BCUT2D eigenvalue weighted by molar-refractivity contribution is 7.08. The first-order chi connectivity index (χ1) is 12.4. The number of nitrogens with zero attached hydrogens (tertiary/aromatic N) is 6. The molecule has 0 spiro atoms. The Labute approximate surface area is 151 Å². The predicted octanol–water partition coefficient (Wildman–Crippen LogP) is 2.77. The molecule has 5 heterocycles. The van der Waals surface area contributed by atoms with E-state index in [1.54, 1.807) is 11.3 Å². The summed E-state index contributed by atoms with van der Waals surface area (Å²) >= 11 is 1.67. The number of fused-ring (bicyclic) bond motifs is 1. The van der Waals surface area contributed by atoms with Crippen LogP contribution in [0.4, 0.5) is 5.82 Å². The minimum absolute atomic E-state index is 0.757. The molecular weight excluding hydrogens is 332 g/mol. The molecule has 0 aliphatic carbocycles. The predicted molar refractivity (Wildman–Crippen MR) is 100 cm³/mol. The molecular formula is C18H22N6S. The average Bonchev–Trinajstić information content (AvgIpc) is 3.41. The Bertz CT molecular complexity index is 852. The van der Waals surface area contributed by atoms with Crippen molar-refractivity contribution in [2.24, 2.45) is 5.92 Å². The molecule has 0 saturated carbocycles. The van der Waals surface area contributed by atoms with Gasteiger partial charge in [0.2, 0.25) is 0 Å². The van der Waals surface area contributed by atoms with Crippen molar-refractivity contribution in [2.45, 2.75) is 19.3 Å². The van der Waals surface area contributed by atoms with Crippen molar-refractivity contribution in [3.63, 3.8) is 0 Å². The quantitative estimate of drug-likeness (QED) is 0.721. The number of rotatable bonds is 4. The summed E-state index contributed by atoms with van der Waals surface area (Å²) in [5.41, 5.74) is 1.88. The molecule has 7 heteroatoms. The number of likely N-dealkylation sites (tertiary alicyclic amines) is 1. The van der Waals surface area contributed by atoms with Crippen LogP contribution < -0.4 is 4.90 Å². The summed E-state index contributed by atoms with van der Waals surface area (Å²) in [5.74, 6) is 2.62. The highest BCUT2D eigenvalue weighted by atomic mass is 32.1. The first-order valence-electron chi connectivity index (χ1n) is 9.09. The third-order valence-electron chi connectivity index (χ3n) is 5.35. The molecule has 2 aliphatic heterocycles. The standard InChI is InChI=1S/C18H22N6S/c1-2-8-22(7-1)11-14-5-9-23(12-14)17-4-3-16-19-20-18(24(16)21-17)15-6-10-25-13-15/h3-4,6,10,13-14H,1-2,5,7-9,11-12H2. The van der Waals surface area contributed by atoms with Gasteiger partial charge in [0.05, 0.1) is 0 Å². The van der Waals surface area contributed by atoms with Gasteiger partial charge in [-0.15, -0.1) is 15.3 Å². The molecule has 25 heavy (non-hydrogen) atoms. The topological polar surface area (TPSA) is 49.6 Å². The number of hydrogen-bond donors (Lipinski definition) is 0. The van der Waals surface area contributed by atoms with Crippen LogP contribution in [0.2, 0.25) is 0 Å². The maximum atomic E-state index is 4.85. The molecule has 0 radical (unpaired) electrons. The first kappa shape index (κ1) is 15.3. The lowest BCUT2D eigenvalue weighted by atomic mass is 10.1. The van der Waals surface area contributed by atoms with Crippen molar-refractivity contribution < 1.29 is 0 Å². The minimum Gasteiger partial charge on any atom is -0.355 e. The smallest absolute Gasteiger partial charge is 0.186 e. The number of aromatic nitrogens is 4. The molecule has 2 fully saturated rings. The van der Waals surface area contributed by atoms with E-state index in [-0.39, 0.29) is 0 Å². The van der Waals surface area contributed by atoms with Crippen LogP contribution in [0, 0.1) is 5.92 Å². The number of anilines is 1. The zero-order valence-electron chi connectivity index (χ0n) is 14.2. The summed E-state index contributed by atoms with van der Waals surface area (Å²) in [6.45, 7) is 6.00. The van der Waals surface area contributed by atoms with Gasteiger partial charge in [0.25, 0.3) is 0 Å². The third kappa shape index (κ3) is 2.91. The summed E-state index contributed by atoms with van der Waals surface area (Å²) in [6.07, 6.45) is 4.00. The van der Waals surface area contributed by atoms with Crippen molar-refractivity contribution in [1.82, 2.24) is 24.7 Å². The molecule has 2 aliphatic rings. The zero-order chi connectivity index (χ0) is 16.6. The molecule has 0 bridgehead atoms. The highest BCUT2D eigenvalue weighted by Gasteiger charge is 2.26. The Morgan fingerprint density at radius 1 is 1.08 bits per heavy atom. The maximum absolute atomic E-state index is 4.85. The summed E-state index contributed by atoms with van der Waals surface area (Å²) in [5, 5.41) is 17.6. The molecule has 0 amide bonds. The number of thiophene rings is 1. The molecule has 130 valence electrons. The van der Waals surface area contributed by atoms with Crippen LogP contribution in [-0.2, 0) is 0 Å². The van der Waals surface area contributed by atoms with E-state index >= 15 is 0 Å². The van der Waals surface area contributed by atoms with E-state index in [0.29, 0.717) is 0 Å². The Morgan fingerprint density at radius 3 is 2.84 bits per heavy atom. The monoisotopic (exact) mass is 354 g/mol. The second-order valence-electron chi connectivity index (χ2n) is 7.11. The molecule has 2 saturated heterocycles. The Morgan fingerprint density at radius 2 is 2.00 bits per heavy atom. The molecule has 3 aromatic rings. The van der Waals surface area contributed by atoms with Crippen LogP contribution in [0.1, 0.15) is 19.3 Å². The zero-order valence-corrected chi connectivity index (χ0v) is 15.0. The lowest BCUT2D eigenvalue weighted by molar-refractivity contribution is 0.289. The van der Waals surface area contributed by atoms with Crippen molar-refractivity contribution in [3.8, 4) is 11.4 Å². The molecule has 5 rings (SSSR count). The Hall–Kier alpha value is -1.99. The van der Waals surface area contributed by atoms with E-state index in [0.717, 1.165) is 41.9 Å². The van der Waals surface area contributed by atoms with Gasteiger partial charge in [-0.05, 0) is 61.8 Å². The van der Waals surface area contributed by atoms with Crippen molar-refractivity contribution in [3.05, 3.63) is 29.0 Å².